The van der Waals surface area contributed by atoms with Gasteiger partial charge in [-0.05, 0) is 50.4 Å². The summed E-state index contributed by atoms with van der Waals surface area (Å²) in [5.74, 6) is 0.973. The maximum absolute atomic E-state index is 12.5. The summed E-state index contributed by atoms with van der Waals surface area (Å²) in [6, 6.07) is 0. The molecular formula is C22H35NO6. The van der Waals surface area contributed by atoms with Crippen molar-refractivity contribution in [3.8, 4) is 0 Å². The van der Waals surface area contributed by atoms with Gasteiger partial charge in [0.05, 0.1) is 12.0 Å². The molecule has 0 radical (unpaired) electrons. The first kappa shape index (κ1) is 21.1. The highest BCUT2D eigenvalue weighted by molar-refractivity contribution is 5.79. The van der Waals surface area contributed by atoms with Crippen LogP contribution in [0.3, 0.4) is 0 Å². The summed E-state index contributed by atoms with van der Waals surface area (Å²) in [5.41, 5.74) is 0. The van der Waals surface area contributed by atoms with E-state index in [1.807, 2.05) is 0 Å². The van der Waals surface area contributed by atoms with Crippen LogP contribution in [0.2, 0.25) is 0 Å². The minimum atomic E-state index is -0.836. The molecule has 1 saturated carbocycles. The molecule has 7 nitrogen and oxygen atoms in total. The molecule has 2 unspecified atom stereocenters. The Morgan fingerprint density at radius 1 is 1.03 bits per heavy atom. The molecule has 0 spiro atoms. The number of hydrogen-bond donors (Lipinski definition) is 1. The molecule has 3 heterocycles. The average molecular weight is 410 g/mol. The Morgan fingerprint density at radius 3 is 2.52 bits per heavy atom. The Morgan fingerprint density at radius 2 is 1.79 bits per heavy atom. The van der Waals surface area contributed by atoms with Crippen molar-refractivity contribution < 1.29 is 28.9 Å². The maximum atomic E-state index is 12.5. The fraction of sp³-hybridized carbons (Fsp3) is 0.909. The highest BCUT2D eigenvalue weighted by atomic mass is 16.8. The zero-order valence-electron chi connectivity index (χ0n) is 17.8. The van der Waals surface area contributed by atoms with E-state index in [1.54, 1.807) is 4.90 Å². The van der Waals surface area contributed by atoms with Crippen LogP contribution in [0.15, 0.2) is 0 Å². The van der Waals surface area contributed by atoms with E-state index in [-0.39, 0.29) is 37.4 Å². The van der Waals surface area contributed by atoms with E-state index < -0.39 is 18.2 Å². The number of carboxylic acids is 1. The van der Waals surface area contributed by atoms with Crippen molar-refractivity contribution in [2.24, 2.45) is 35.5 Å². The van der Waals surface area contributed by atoms with E-state index in [9.17, 15) is 9.59 Å². The van der Waals surface area contributed by atoms with E-state index in [0.29, 0.717) is 36.6 Å². The standard InChI is InChI=1S/C22H35NO6/c1-12-4-6-17-14(3)21(29-22-19(17)16(12)7-5-13(2)28-22)27-11-18(24)23-9-8-15(10-23)20(25)26/h12-17,19,21-22H,4-11H2,1-3H3,(H,25,26)/t12-,13?,14-,15-,16+,17+,19?,21-,22+/m1/s1. The number of carbonyl (C=O) groups is 2. The van der Waals surface area contributed by atoms with Crippen LogP contribution in [0, 0.1) is 35.5 Å². The topological polar surface area (TPSA) is 85.3 Å². The molecule has 3 aliphatic heterocycles. The normalized spacial score (nSPS) is 44.8. The fourth-order valence-corrected chi connectivity index (χ4v) is 6.07. The van der Waals surface area contributed by atoms with Gasteiger partial charge in [0, 0.05) is 24.9 Å². The molecule has 0 aromatic carbocycles. The van der Waals surface area contributed by atoms with Crippen LogP contribution >= 0.6 is 0 Å². The summed E-state index contributed by atoms with van der Waals surface area (Å²) in [6.45, 7) is 7.33. The highest BCUT2D eigenvalue weighted by Gasteiger charge is 2.52. The van der Waals surface area contributed by atoms with Gasteiger partial charge in [-0.25, -0.2) is 0 Å². The Labute approximate surface area is 173 Å². The number of ether oxygens (including phenoxy) is 3. The van der Waals surface area contributed by atoms with Crippen molar-refractivity contribution >= 4 is 11.9 Å². The smallest absolute Gasteiger partial charge is 0.308 e. The second kappa shape index (κ2) is 8.52. The largest absolute Gasteiger partial charge is 0.481 e. The van der Waals surface area contributed by atoms with Gasteiger partial charge in [-0.15, -0.1) is 0 Å². The van der Waals surface area contributed by atoms with Crippen molar-refractivity contribution in [1.82, 2.24) is 4.90 Å². The third-order valence-electron chi connectivity index (χ3n) is 7.90. The second-order valence-corrected chi connectivity index (χ2v) is 9.69. The number of amides is 1. The van der Waals surface area contributed by atoms with E-state index in [1.165, 1.54) is 12.8 Å². The number of rotatable bonds is 4. The van der Waals surface area contributed by atoms with Crippen LogP contribution < -0.4 is 0 Å². The SMILES string of the molecule is CC1CC[C@@H]2C3[C@@H](O1)O[C@@H](OCC(=O)N1CC[C@@H](C(=O)O)C1)[C@H](C)[C@@H]3CC[C@H]2C. The fourth-order valence-electron chi connectivity index (χ4n) is 6.07. The molecule has 164 valence electrons. The predicted molar refractivity (Wildman–Crippen MR) is 105 cm³/mol. The Balaban J connectivity index is 1.39. The van der Waals surface area contributed by atoms with Crippen LogP contribution in [0.1, 0.15) is 52.9 Å². The minimum absolute atomic E-state index is 0.0686. The lowest BCUT2D eigenvalue weighted by Crippen LogP contribution is -2.54. The molecule has 9 atom stereocenters. The molecule has 1 aliphatic carbocycles. The van der Waals surface area contributed by atoms with Crippen LogP contribution in [0.4, 0.5) is 0 Å². The molecule has 0 aromatic rings. The first-order chi connectivity index (χ1) is 13.8. The van der Waals surface area contributed by atoms with E-state index in [4.69, 9.17) is 19.3 Å². The van der Waals surface area contributed by atoms with Crippen LogP contribution in [-0.2, 0) is 23.8 Å². The van der Waals surface area contributed by atoms with Gasteiger partial charge in [-0.1, -0.05) is 20.3 Å². The number of hydrogen-bond acceptors (Lipinski definition) is 5. The number of carbonyl (C=O) groups excluding carboxylic acids is 1. The van der Waals surface area contributed by atoms with Gasteiger partial charge in [-0.2, -0.15) is 0 Å². The Hall–Kier alpha value is -1.18. The summed E-state index contributed by atoms with van der Waals surface area (Å²) in [5, 5.41) is 9.13. The second-order valence-electron chi connectivity index (χ2n) is 9.69. The molecular weight excluding hydrogens is 374 g/mol. The zero-order chi connectivity index (χ0) is 20.7. The van der Waals surface area contributed by atoms with Gasteiger partial charge < -0.3 is 24.2 Å². The van der Waals surface area contributed by atoms with Gasteiger partial charge in [0.25, 0.3) is 0 Å². The maximum Gasteiger partial charge on any atom is 0.308 e. The molecule has 4 aliphatic rings. The van der Waals surface area contributed by atoms with Crippen molar-refractivity contribution in [1.29, 1.82) is 0 Å². The third-order valence-corrected chi connectivity index (χ3v) is 7.90. The quantitative estimate of drug-likeness (QED) is 0.768. The van der Waals surface area contributed by atoms with Gasteiger partial charge in [-0.3, -0.25) is 9.59 Å². The Bertz CT molecular complexity index is 626. The average Bonchev–Trinajstić information content (AvgIpc) is 3.12. The van der Waals surface area contributed by atoms with E-state index in [0.717, 1.165) is 12.8 Å². The van der Waals surface area contributed by atoms with Crippen LogP contribution in [-0.4, -0.2) is 60.3 Å². The summed E-state index contributed by atoms with van der Waals surface area (Å²) < 4.78 is 18.5. The van der Waals surface area contributed by atoms with E-state index >= 15 is 0 Å². The lowest BCUT2D eigenvalue weighted by atomic mass is 9.61. The van der Waals surface area contributed by atoms with Crippen molar-refractivity contribution in [3.63, 3.8) is 0 Å². The number of carboxylic acid groups (broad SMARTS) is 1. The Kier molecular flexibility index (Phi) is 6.19. The van der Waals surface area contributed by atoms with Crippen molar-refractivity contribution in [2.45, 2.75) is 71.6 Å². The molecule has 0 bridgehead atoms. The first-order valence-corrected chi connectivity index (χ1v) is 11.3. The predicted octanol–water partition coefficient (Wildman–Crippen LogP) is 2.73. The van der Waals surface area contributed by atoms with Crippen molar-refractivity contribution in [3.05, 3.63) is 0 Å². The summed E-state index contributed by atoms with van der Waals surface area (Å²) in [4.78, 5) is 25.3. The van der Waals surface area contributed by atoms with E-state index in [2.05, 4.69) is 20.8 Å². The molecule has 0 aromatic heterocycles. The van der Waals surface area contributed by atoms with Crippen molar-refractivity contribution in [2.75, 3.05) is 19.7 Å². The highest BCUT2D eigenvalue weighted by Crippen LogP contribution is 2.52. The number of aliphatic carboxylic acids is 1. The zero-order valence-corrected chi connectivity index (χ0v) is 17.8. The van der Waals surface area contributed by atoms with Gasteiger partial charge >= 0.3 is 5.97 Å². The van der Waals surface area contributed by atoms with Gasteiger partial charge in [0.2, 0.25) is 5.91 Å². The monoisotopic (exact) mass is 409 g/mol. The third kappa shape index (κ3) is 4.19. The summed E-state index contributed by atoms with van der Waals surface area (Å²) in [6.07, 6.45) is 4.61. The molecule has 4 fully saturated rings. The van der Waals surface area contributed by atoms with Gasteiger partial charge in [0.15, 0.2) is 12.6 Å². The van der Waals surface area contributed by atoms with Crippen LogP contribution in [0.5, 0.6) is 0 Å². The summed E-state index contributed by atoms with van der Waals surface area (Å²) in [7, 11) is 0. The minimum Gasteiger partial charge on any atom is -0.481 e. The number of nitrogens with zero attached hydrogens (tertiary/aromatic N) is 1. The molecule has 3 saturated heterocycles. The number of likely N-dealkylation sites (tertiary alicyclic amines) is 1. The molecule has 1 N–H and O–H groups in total. The molecule has 4 rings (SSSR count). The summed E-state index contributed by atoms with van der Waals surface area (Å²) >= 11 is 0. The van der Waals surface area contributed by atoms with Gasteiger partial charge in [0.1, 0.15) is 6.61 Å². The lowest BCUT2D eigenvalue weighted by Gasteiger charge is -2.51. The van der Waals surface area contributed by atoms with Crippen LogP contribution in [0.25, 0.3) is 0 Å². The molecule has 7 heteroatoms. The molecule has 29 heavy (non-hydrogen) atoms. The molecule has 1 amide bonds. The lowest BCUT2D eigenvalue weighted by molar-refractivity contribution is -0.332. The first-order valence-electron chi connectivity index (χ1n) is 11.3.